The lowest BCUT2D eigenvalue weighted by atomic mass is 9.91. The van der Waals surface area contributed by atoms with Crippen LogP contribution in [0.15, 0.2) is 48.8 Å². The standard InChI is InChI=1S/C37H45FN6O2/c1-25(38)36(45)43-22-20-42(21-23-43)34-32-15-9-18-44(26(2)29-14-7-11-27-10-5-4-6-13-30(27)29)35(32)40-37(39-34)46-33-16-8-12-28-24-41(3)19-17-31(28)33/h7-8,11-12,14,16,26H,1,4-6,9-10,13,15,17-24H2,2-3H3. The highest BCUT2D eigenvalue weighted by molar-refractivity contribution is 5.90. The molecule has 1 saturated heterocycles. The summed E-state index contributed by atoms with van der Waals surface area (Å²) in [5.41, 5.74) is 8.03. The van der Waals surface area contributed by atoms with E-state index in [1.165, 1.54) is 52.0 Å². The molecule has 1 amide bonds. The minimum atomic E-state index is -0.913. The molecule has 3 aromatic rings. The zero-order valence-corrected chi connectivity index (χ0v) is 27.2. The molecule has 1 fully saturated rings. The first-order chi connectivity index (χ1) is 22.4. The van der Waals surface area contributed by atoms with Crippen molar-refractivity contribution in [2.24, 2.45) is 0 Å². The van der Waals surface area contributed by atoms with E-state index in [4.69, 9.17) is 14.7 Å². The highest BCUT2D eigenvalue weighted by atomic mass is 19.1. The van der Waals surface area contributed by atoms with E-state index in [0.29, 0.717) is 32.2 Å². The molecule has 8 nitrogen and oxygen atoms in total. The van der Waals surface area contributed by atoms with Gasteiger partial charge in [0.1, 0.15) is 17.4 Å². The number of benzene rings is 2. The summed E-state index contributed by atoms with van der Waals surface area (Å²) in [6, 6.07) is 13.6. The number of halogens is 1. The number of carbonyl (C=O) groups excluding carboxylic acids is 1. The Kier molecular flexibility index (Phi) is 8.68. The molecule has 0 spiro atoms. The van der Waals surface area contributed by atoms with E-state index in [2.05, 4.69) is 65.6 Å². The third-order valence-corrected chi connectivity index (χ3v) is 10.4. The Morgan fingerprint density at radius 2 is 1.57 bits per heavy atom. The van der Waals surface area contributed by atoms with Gasteiger partial charge in [0.15, 0.2) is 5.83 Å². The minimum absolute atomic E-state index is 0.146. The Morgan fingerprint density at radius 1 is 0.826 bits per heavy atom. The number of nitrogens with zero attached hydrogens (tertiary/aromatic N) is 6. The van der Waals surface area contributed by atoms with Crippen LogP contribution in [0, 0.1) is 0 Å². The number of amides is 1. The molecule has 1 unspecified atom stereocenters. The molecular formula is C37H45FN6O2. The monoisotopic (exact) mass is 624 g/mol. The van der Waals surface area contributed by atoms with E-state index in [1.807, 2.05) is 6.07 Å². The predicted octanol–water partition coefficient (Wildman–Crippen LogP) is 6.17. The molecule has 4 heterocycles. The van der Waals surface area contributed by atoms with Gasteiger partial charge < -0.3 is 24.3 Å². The van der Waals surface area contributed by atoms with Gasteiger partial charge in [0.05, 0.1) is 6.04 Å². The number of piperazine rings is 1. The summed E-state index contributed by atoms with van der Waals surface area (Å²) in [6.07, 6.45) is 8.84. The van der Waals surface area contributed by atoms with E-state index in [-0.39, 0.29) is 6.04 Å². The van der Waals surface area contributed by atoms with Gasteiger partial charge in [-0.15, -0.1) is 0 Å². The zero-order chi connectivity index (χ0) is 31.8. The second kappa shape index (κ2) is 13.0. The van der Waals surface area contributed by atoms with Crippen LogP contribution in [0.1, 0.15) is 72.0 Å². The largest absolute Gasteiger partial charge is 0.424 e. The summed E-state index contributed by atoms with van der Waals surface area (Å²) in [5.74, 6) is 1.07. The van der Waals surface area contributed by atoms with Crippen LogP contribution >= 0.6 is 0 Å². The highest BCUT2D eigenvalue weighted by Crippen LogP contribution is 2.41. The van der Waals surface area contributed by atoms with E-state index in [0.717, 1.165) is 74.7 Å². The molecule has 242 valence electrons. The lowest BCUT2D eigenvalue weighted by molar-refractivity contribution is -0.128. The van der Waals surface area contributed by atoms with Crippen molar-refractivity contribution >= 4 is 17.5 Å². The number of fused-ring (bicyclic) bond motifs is 3. The number of hydrogen-bond acceptors (Lipinski definition) is 7. The normalized spacial score (nSPS) is 19.1. The van der Waals surface area contributed by atoms with Crippen molar-refractivity contribution < 1.29 is 13.9 Å². The molecule has 7 rings (SSSR count). The fraction of sp³-hybridized carbons (Fsp3) is 0.486. The lowest BCUT2D eigenvalue weighted by Gasteiger charge is -2.40. The molecular weight excluding hydrogens is 579 g/mol. The Morgan fingerprint density at radius 3 is 2.39 bits per heavy atom. The number of likely N-dealkylation sites (N-methyl/N-ethyl adjacent to an activating group) is 1. The maximum atomic E-state index is 13.7. The number of carbonyl (C=O) groups is 1. The van der Waals surface area contributed by atoms with Crippen LogP contribution < -0.4 is 14.5 Å². The Bertz CT molecular complexity index is 1630. The minimum Gasteiger partial charge on any atom is -0.424 e. The van der Waals surface area contributed by atoms with Crippen LogP contribution in [-0.2, 0) is 37.0 Å². The molecule has 1 aliphatic carbocycles. The van der Waals surface area contributed by atoms with Gasteiger partial charge in [0.25, 0.3) is 5.91 Å². The molecule has 3 aliphatic heterocycles. The number of aromatic nitrogens is 2. The first kappa shape index (κ1) is 30.7. The fourth-order valence-corrected chi connectivity index (χ4v) is 7.87. The summed E-state index contributed by atoms with van der Waals surface area (Å²) >= 11 is 0. The first-order valence-electron chi connectivity index (χ1n) is 17.0. The van der Waals surface area contributed by atoms with Gasteiger partial charge in [0.2, 0.25) is 0 Å². The van der Waals surface area contributed by atoms with Crippen LogP contribution in [0.2, 0.25) is 0 Å². The number of rotatable bonds is 6. The molecule has 4 aliphatic rings. The quantitative estimate of drug-likeness (QED) is 0.240. The summed E-state index contributed by atoms with van der Waals surface area (Å²) < 4.78 is 20.3. The smallest absolute Gasteiger partial charge is 0.325 e. The predicted molar refractivity (Wildman–Crippen MR) is 179 cm³/mol. The van der Waals surface area contributed by atoms with Gasteiger partial charge in [0, 0.05) is 56.9 Å². The second-order valence-corrected chi connectivity index (χ2v) is 13.3. The SMILES string of the molecule is C=C(F)C(=O)N1CCN(c2nc(Oc3cccc4c3CCN(C)C4)nc3c2CCCN3C(C)c2cccc3c2CCCCC3)CC1. The number of ether oxygens (including phenoxy) is 1. The summed E-state index contributed by atoms with van der Waals surface area (Å²) in [6.45, 7) is 10.2. The van der Waals surface area contributed by atoms with Crippen molar-refractivity contribution in [1.82, 2.24) is 19.8 Å². The van der Waals surface area contributed by atoms with Crippen LogP contribution in [0.25, 0.3) is 0 Å². The first-order valence-corrected chi connectivity index (χ1v) is 17.0. The van der Waals surface area contributed by atoms with Crippen LogP contribution in [-0.4, -0.2) is 72.0 Å². The van der Waals surface area contributed by atoms with Crippen LogP contribution in [0.4, 0.5) is 16.0 Å². The van der Waals surface area contributed by atoms with Crippen LogP contribution in [0.5, 0.6) is 11.8 Å². The molecule has 0 bridgehead atoms. The van der Waals surface area contributed by atoms with Gasteiger partial charge in [-0.05, 0) is 87.2 Å². The average molecular weight is 625 g/mol. The van der Waals surface area contributed by atoms with E-state index >= 15 is 0 Å². The number of hydrogen-bond donors (Lipinski definition) is 0. The molecule has 0 saturated carbocycles. The van der Waals surface area contributed by atoms with E-state index < -0.39 is 11.7 Å². The molecule has 1 atom stereocenters. The zero-order valence-electron chi connectivity index (χ0n) is 27.2. The number of anilines is 2. The van der Waals surface area contributed by atoms with Gasteiger partial charge in [-0.1, -0.05) is 43.3 Å². The van der Waals surface area contributed by atoms with Gasteiger partial charge >= 0.3 is 6.01 Å². The summed E-state index contributed by atoms with van der Waals surface area (Å²) in [5, 5.41) is 0. The van der Waals surface area contributed by atoms with Gasteiger partial charge in [-0.2, -0.15) is 9.97 Å². The second-order valence-electron chi connectivity index (χ2n) is 13.3. The molecule has 0 radical (unpaired) electrons. The van der Waals surface area contributed by atoms with Crippen molar-refractivity contribution in [3.63, 3.8) is 0 Å². The Balaban J connectivity index is 1.27. The van der Waals surface area contributed by atoms with E-state index in [1.54, 1.807) is 0 Å². The Hall–Kier alpha value is -3.98. The van der Waals surface area contributed by atoms with Crippen molar-refractivity contribution in [2.45, 2.75) is 70.9 Å². The van der Waals surface area contributed by atoms with Gasteiger partial charge in [-0.3, -0.25) is 4.79 Å². The third-order valence-electron chi connectivity index (χ3n) is 10.4. The lowest BCUT2D eigenvalue weighted by Crippen LogP contribution is -2.49. The maximum absolute atomic E-state index is 13.7. The summed E-state index contributed by atoms with van der Waals surface area (Å²) in [4.78, 5) is 31.1. The van der Waals surface area contributed by atoms with Crippen molar-refractivity contribution in [3.05, 3.63) is 82.2 Å². The van der Waals surface area contributed by atoms with E-state index in [9.17, 15) is 9.18 Å². The van der Waals surface area contributed by atoms with Crippen molar-refractivity contribution in [2.75, 3.05) is 56.1 Å². The van der Waals surface area contributed by atoms with Crippen molar-refractivity contribution in [1.29, 1.82) is 0 Å². The molecule has 9 heteroatoms. The average Bonchev–Trinajstić information content (AvgIpc) is 3.33. The number of aryl methyl sites for hydroxylation is 1. The maximum Gasteiger partial charge on any atom is 0.325 e. The van der Waals surface area contributed by atoms with Crippen molar-refractivity contribution in [3.8, 4) is 11.8 Å². The fourth-order valence-electron chi connectivity index (χ4n) is 7.87. The molecule has 1 aromatic heterocycles. The van der Waals surface area contributed by atoms with Gasteiger partial charge in [-0.25, -0.2) is 4.39 Å². The molecule has 2 aromatic carbocycles. The molecule has 0 N–H and O–H groups in total. The Labute approximate surface area is 271 Å². The third kappa shape index (κ3) is 5.97. The highest BCUT2D eigenvalue weighted by Gasteiger charge is 2.33. The van der Waals surface area contributed by atoms with Crippen LogP contribution in [0.3, 0.4) is 0 Å². The topological polar surface area (TPSA) is 65.0 Å². The summed E-state index contributed by atoms with van der Waals surface area (Å²) in [7, 11) is 2.15. The molecule has 46 heavy (non-hydrogen) atoms.